The fourth-order valence-corrected chi connectivity index (χ4v) is 2.84. The highest BCUT2D eigenvalue weighted by molar-refractivity contribution is 5.99. The minimum atomic E-state index is -0.348. The monoisotopic (exact) mass is 360 g/mol. The summed E-state index contributed by atoms with van der Waals surface area (Å²) in [6.07, 6.45) is 2.40. The molecule has 1 unspecified atom stereocenters. The third-order valence-electron chi connectivity index (χ3n) is 4.13. The lowest BCUT2D eigenvalue weighted by Gasteiger charge is -2.17. The van der Waals surface area contributed by atoms with Crippen molar-refractivity contribution in [1.29, 1.82) is 0 Å². The molecule has 1 atom stereocenters. The average Bonchev–Trinajstić information content (AvgIpc) is 2.97. The van der Waals surface area contributed by atoms with Crippen molar-refractivity contribution < 1.29 is 19.1 Å². The van der Waals surface area contributed by atoms with E-state index in [1.807, 2.05) is 24.3 Å². The van der Waals surface area contributed by atoms with Crippen molar-refractivity contribution in [2.24, 2.45) is 16.9 Å². The number of ether oxygens (including phenoxy) is 1. The number of nitrogens with one attached hydrogen (secondary N) is 1. The van der Waals surface area contributed by atoms with Gasteiger partial charge in [0.1, 0.15) is 0 Å². The van der Waals surface area contributed by atoms with Gasteiger partial charge in [-0.3, -0.25) is 14.4 Å². The average molecular weight is 360 g/mol. The van der Waals surface area contributed by atoms with Gasteiger partial charge in [0.15, 0.2) is 0 Å². The maximum Gasteiger partial charge on any atom is 0.307 e. The second kappa shape index (κ2) is 9.55. The van der Waals surface area contributed by atoms with Crippen molar-refractivity contribution in [3.05, 3.63) is 29.8 Å². The first kappa shape index (κ1) is 19.4. The summed E-state index contributed by atoms with van der Waals surface area (Å²) < 4.78 is 4.79. The molecule has 140 valence electrons. The summed E-state index contributed by atoms with van der Waals surface area (Å²) in [5, 5.41) is 6.12. The van der Waals surface area contributed by atoms with E-state index >= 15 is 0 Å². The van der Waals surface area contributed by atoms with Crippen LogP contribution in [0.1, 0.15) is 31.7 Å². The number of carbonyl (C=O) groups is 3. The van der Waals surface area contributed by atoms with Crippen LogP contribution in [0.4, 0.5) is 5.69 Å². The van der Waals surface area contributed by atoms with Crippen LogP contribution in [0.5, 0.6) is 0 Å². The Balaban J connectivity index is 1.82. The van der Waals surface area contributed by atoms with E-state index in [0.29, 0.717) is 19.6 Å². The van der Waals surface area contributed by atoms with E-state index in [-0.39, 0.29) is 43.1 Å². The standard InChI is InChI=1S/C18H24N4O4/c1-2-26-17(24)7-9-20-16(23)11-14-8-10-22(18(14)25)15-5-3-13(4-6-15)12-21-19/h3-6,12,14H,2,7-11,19H2,1H3,(H,20,23). The van der Waals surface area contributed by atoms with Gasteiger partial charge in [0.05, 0.1) is 19.2 Å². The number of carbonyl (C=O) groups excluding carboxylic acids is 3. The summed E-state index contributed by atoms with van der Waals surface area (Å²) in [6.45, 7) is 2.84. The summed E-state index contributed by atoms with van der Waals surface area (Å²) >= 11 is 0. The third kappa shape index (κ3) is 5.30. The molecular formula is C18H24N4O4. The van der Waals surface area contributed by atoms with Gasteiger partial charge in [-0.1, -0.05) is 12.1 Å². The molecule has 1 saturated heterocycles. The van der Waals surface area contributed by atoms with Crippen molar-refractivity contribution in [3.63, 3.8) is 0 Å². The Morgan fingerprint density at radius 1 is 1.38 bits per heavy atom. The second-order valence-electron chi connectivity index (χ2n) is 5.95. The van der Waals surface area contributed by atoms with Crippen LogP contribution in [0.25, 0.3) is 0 Å². The second-order valence-corrected chi connectivity index (χ2v) is 5.95. The van der Waals surface area contributed by atoms with Crippen molar-refractivity contribution in [1.82, 2.24) is 5.32 Å². The Bertz CT molecular complexity index is 672. The number of rotatable bonds is 8. The zero-order valence-electron chi connectivity index (χ0n) is 14.8. The van der Waals surface area contributed by atoms with Crippen LogP contribution in [-0.4, -0.2) is 43.7 Å². The first-order chi connectivity index (χ1) is 12.5. The highest BCUT2D eigenvalue weighted by Crippen LogP contribution is 2.27. The number of nitrogens with zero attached hydrogens (tertiary/aromatic N) is 2. The maximum absolute atomic E-state index is 12.5. The minimum absolute atomic E-state index is 0.0641. The Morgan fingerprint density at radius 2 is 2.12 bits per heavy atom. The van der Waals surface area contributed by atoms with Gasteiger partial charge in [-0.15, -0.1) is 0 Å². The van der Waals surface area contributed by atoms with Gasteiger partial charge >= 0.3 is 5.97 Å². The Labute approximate surface area is 152 Å². The lowest BCUT2D eigenvalue weighted by atomic mass is 10.0. The number of anilines is 1. The number of hydrazone groups is 1. The molecule has 8 heteroatoms. The van der Waals surface area contributed by atoms with Crippen LogP contribution in [0.3, 0.4) is 0 Å². The van der Waals surface area contributed by atoms with Crippen molar-refractivity contribution in [3.8, 4) is 0 Å². The molecule has 1 aliphatic rings. The van der Waals surface area contributed by atoms with Gasteiger partial charge in [0.2, 0.25) is 11.8 Å². The predicted octanol–water partition coefficient (Wildman–Crippen LogP) is 0.792. The van der Waals surface area contributed by atoms with Gasteiger partial charge in [-0.2, -0.15) is 5.10 Å². The number of hydrogen-bond donors (Lipinski definition) is 2. The maximum atomic E-state index is 12.5. The lowest BCUT2D eigenvalue weighted by Crippen LogP contribution is -2.32. The molecule has 8 nitrogen and oxygen atoms in total. The molecule has 0 aromatic heterocycles. The van der Waals surface area contributed by atoms with E-state index in [1.165, 1.54) is 6.21 Å². The molecule has 1 aromatic carbocycles. The molecule has 0 spiro atoms. The zero-order chi connectivity index (χ0) is 18.9. The van der Waals surface area contributed by atoms with Gasteiger partial charge in [0.25, 0.3) is 0 Å². The molecule has 1 aliphatic heterocycles. The molecule has 1 fully saturated rings. The van der Waals surface area contributed by atoms with Crippen LogP contribution < -0.4 is 16.1 Å². The van der Waals surface area contributed by atoms with Crippen LogP contribution in [0.15, 0.2) is 29.4 Å². The summed E-state index contributed by atoms with van der Waals surface area (Å²) in [7, 11) is 0. The highest BCUT2D eigenvalue weighted by atomic mass is 16.5. The number of hydrogen-bond acceptors (Lipinski definition) is 6. The fraction of sp³-hybridized carbons (Fsp3) is 0.444. The van der Waals surface area contributed by atoms with Gasteiger partial charge in [-0.25, -0.2) is 0 Å². The molecular weight excluding hydrogens is 336 g/mol. The Kier molecular flexibility index (Phi) is 7.13. The number of benzene rings is 1. The summed E-state index contributed by atoms with van der Waals surface area (Å²) in [4.78, 5) is 37.4. The molecule has 0 bridgehead atoms. The van der Waals surface area contributed by atoms with Crippen molar-refractivity contribution >= 4 is 29.7 Å². The molecule has 3 N–H and O–H groups in total. The molecule has 2 rings (SSSR count). The number of amides is 2. The summed E-state index contributed by atoms with van der Waals surface area (Å²) in [5.74, 6) is 4.13. The Morgan fingerprint density at radius 3 is 2.77 bits per heavy atom. The predicted molar refractivity (Wildman–Crippen MR) is 97.6 cm³/mol. The normalized spacial score (nSPS) is 16.9. The number of nitrogens with two attached hydrogens (primary N) is 1. The van der Waals surface area contributed by atoms with E-state index < -0.39 is 0 Å². The van der Waals surface area contributed by atoms with Gasteiger partial charge < -0.3 is 20.8 Å². The molecule has 26 heavy (non-hydrogen) atoms. The van der Waals surface area contributed by atoms with Crippen LogP contribution in [0.2, 0.25) is 0 Å². The van der Waals surface area contributed by atoms with Crippen molar-refractivity contribution in [2.45, 2.75) is 26.2 Å². The molecule has 0 aliphatic carbocycles. The molecule has 0 radical (unpaired) electrons. The summed E-state index contributed by atoms with van der Waals surface area (Å²) in [5.41, 5.74) is 1.63. The highest BCUT2D eigenvalue weighted by Gasteiger charge is 2.33. The van der Waals surface area contributed by atoms with E-state index in [2.05, 4.69) is 10.4 Å². The summed E-state index contributed by atoms with van der Waals surface area (Å²) in [6, 6.07) is 7.32. The molecule has 1 aromatic rings. The molecule has 0 saturated carbocycles. The van der Waals surface area contributed by atoms with Gasteiger partial charge in [-0.05, 0) is 31.0 Å². The smallest absolute Gasteiger partial charge is 0.307 e. The van der Waals surface area contributed by atoms with E-state index in [0.717, 1.165) is 11.3 Å². The Hall–Kier alpha value is -2.90. The lowest BCUT2D eigenvalue weighted by molar-refractivity contribution is -0.143. The van der Waals surface area contributed by atoms with E-state index in [4.69, 9.17) is 10.6 Å². The largest absolute Gasteiger partial charge is 0.466 e. The van der Waals surface area contributed by atoms with E-state index in [1.54, 1.807) is 11.8 Å². The first-order valence-corrected chi connectivity index (χ1v) is 8.62. The quantitative estimate of drug-likeness (QED) is 0.308. The fourth-order valence-electron chi connectivity index (χ4n) is 2.84. The van der Waals surface area contributed by atoms with Gasteiger partial charge in [0, 0.05) is 31.1 Å². The molecule has 2 amide bonds. The topological polar surface area (TPSA) is 114 Å². The van der Waals surface area contributed by atoms with Crippen LogP contribution in [0, 0.1) is 5.92 Å². The van der Waals surface area contributed by atoms with E-state index in [9.17, 15) is 14.4 Å². The van der Waals surface area contributed by atoms with Crippen molar-refractivity contribution in [2.75, 3.05) is 24.6 Å². The number of esters is 1. The zero-order valence-corrected chi connectivity index (χ0v) is 14.8. The van der Waals surface area contributed by atoms with Crippen LogP contribution in [-0.2, 0) is 19.1 Å². The first-order valence-electron chi connectivity index (χ1n) is 8.62. The van der Waals surface area contributed by atoms with Crippen LogP contribution >= 0.6 is 0 Å². The minimum Gasteiger partial charge on any atom is -0.466 e. The third-order valence-corrected chi connectivity index (χ3v) is 4.13. The SMILES string of the molecule is CCOC(=O)CCNC(=O)CC1CCN(c2ccc(C=NN)cc2)C1=O. The molecule has 1 heterocycles.